The third-order valence-corrected chi connectivity index (χ3v) is 4.07. The van der Waals surface area contributed by atoms with Crippen LogP contribution in [0.1, 0.15) is 5.56 Å². The highest BCUT2D eigenvalue weighted by Crippen LogP contribution is 2.28. The molecule has 3 rings (SSSR count). The Labute approximate surface area is 168 Å². The molecule has 0 bridgehead atoms. The molecule has 0 atom stereocenters. The van der Waals surface area contributed by atoms with Crippen LogP contribution in [-0.4, -0.2) is 37.5 Å². The zero-order valence-corrected chi connectivity index (χ0v) is 15.7. The summed E-state index contributed by atoms with van der Waals surface area (Å²) >= 11 is 0. The first-order chi connectivity index (χ1) is 14.1. The summed E-state index contributed by atoms with van der Waals surface area (Å²) in [5.74, 6) is -0.734. The van der Waals surface area contributed by atoms with Gasteiger partial charge >= 0.3 is 5.97 Å². The summed E-state index contributed by atoms with van der Waals surface area (Å²) < 4.78 is 10.4. The van der Waals surface area contributed by atoms with Crippen molar-refractivity contribution >= 4 is 35.2 Å². The zero-order valence-electron chi connectivity index (χ0n) is 15.7. The summed E-state index contributed by atoms with van der Waals surface area (Å²) in [6.45, 7) is 3.42. The van der Waals surface area contributed by atoms with E-state index in [0.29, 0.717) is 23.7 Å². The first-order valence-corrected chi connectivity index (χ1v) is 8.94. The number of fused-ring (bicyclic) bond motifs is 1. The van der Waals surface area contributed by atoms with Gasteiger partial charge < -0.3 is 14.8 Å². The van der Waals surface area contributed by atoms with Crippen LogP contribution >= 0.6 is 0 Å². The maximum Gasteiger partial charge on any atom is 0.331 e. The number of rotatable bonds is 7. The molecule has 2 amide bonds. The summed E-state index contributed by atoms with van der Waals surface area (Å²) in [5.41, 5.74) is 1.90. The van der Waals surface area contributed by atoms with E-state index in [1.807, 2.05) is 0 Å². The van der Waals surface area contributed by atoms with E-state index >= 15 is 0 Å². The number of amides is 2. The maximum absolute atomic E-state index is 12.4. The van der Waals surface area contributed by atoms with Gasteiger partial charge in [0.15, 0.2) is 6.61 Å². The van der Waals surface area contributed by atoms with Gasteiger partial charge in [-0.2, -0.15) is 0 Å². The zero-order chi connectivity index (χ0) is 20.6. The standard InChI is InChI=1S/C22H20N2O5/c1-2-13-28-17-10-7-16(8-11-17)9-12-22(27)29-15-21(26)24-14-20(25)23-18-5-3-4-6-19(18)24/h2-12H,1,13-15H2,(H,23,25)/b12-9+. The molecular formula is C22H20N2O5. The van der Waals surface area contributed by atoms with Crippen molar-refractivity contribution in [3.63, 3.8) is 0 Å². The Hall–Kier alpha value is -3.87. The molecule has 0 unspecified atom stereocenters. The average Bonchev–Trinajstić information content (AvgIpc) is 2.74. The molecule has 0 fully saturated rings. The van der Waals surface area contributed by atoms with Gasteiger partial charge in [0.1, 0.15) is 18.9 Å². The van der Waals surface area contributed by atoms with Gasteiger partial charge in [0, 0.05) is 6.08 Å². The molecule has 0 saturated carbocycles. The highest BCUT2D eigenvalue weighted by Gasteiger charge is 2.26. The molecule has 7 nitrogen and oxygen atoms in total. The molecule has 148 valence electrons. The minimum atomic E-state index is -0.653. The molecule has 1 aliphatic heterocycles. The van der Waals surface area contributed by atoms with Gasteiger partial charge in [0.2, 0.25) is 5.91 Å². The van der Waals surface area contributed by atoms with E-state index in [1.165, 1.54) is 11.0 Å². The third kappa shape index (κ3) is 5.32. The Morgan fingerprint density at radius 1 is 1.14 bits per heavy atom. The van der Waals surface area contributed by atoms with Gasteiger partial charge in [-0.3, -0.25) is 14.5 Å². The molecule has 0 aliphatic carbocycles. The summed E-state index contributed by atoms with van der Waals surface area (Å²) in [5, 5.41) is 2.70. The Balaban J connectivity index is 1.54. The number of nitrogens with one attached hydrogen (secondary N) is 1. The van der Waals surface area contributed by atoms with Crippen molar-refractivity contribution in [2.45, 2.75) is 0 Å². The quantitative estimate of drug-likeness (QED) is 0.445. The Morgan fingerprint density at radius 3 is 2.66 bits per heavy atom. The molecule has 1 aliphatic rings. The fourth-order valence-electron chi connectivity index (χ4n) is 2.71. The lowest BCUT2D eigenvalue weighted by molar-refractivity contribution is -0.143. The van der Waals surface area contributed by atoms with E-state index in [0.717, 1.165) is 5.56 Å². The SMILES string of the molecule is C=CCOc1ccc(/C=C/C(=O)OCC(=O)N2CC(=O)Nc3ccccc32)cc1. The predicted molar refractivity (Wildman–Crippen MR) is 110 cm³/mol. The molecule has 29 heavy (non-hydrogen) atoms. The van der Waals surface area contributed by atoms with Gasteiger partial charge in [-0.15, -0.1) is 0 Å². The predicted octanol–water partition coefficient (Wildman–Crippen LogP) is 2.79. The van der Waals surface area contributed by atoms with Crippen LogP contribution in [0, 0.1) is 0 Å². The number of esters is 1. The fourth-order valence-corrected chi connectivity index (χ4v) is 2.71. The van der Waals surface area contributed by atoms with Crippen LogP contribution in [0.2, 0.25) is 0 Å². The largest absolute Gasteiger partial charge is 0.490 e. The van der Waals surface area contributed by atoms with E-state index in [9.17, 15) is 14.4 Å². The van der Waals surface area contributed by atoms with Crippen LogP contribution in [0.4, 0.5) is 11.4 Å². The van der Waals surface area contributed by atoms with Crippen molar-refractivity contribution in [2.24, 2.45) is 0 Å². The van der Waals surface area contributed by atoms with Crippen LogP contribution in [0.3, 0.4) is 0 Å². The van der Waals surface area contributed by atoms with Crippen LogP contribution in [0.15, 0.2) is 67.3 Å². The van der Waals surface area contributed by atoms with E-state index in [2.05, 4.69) is 11.9 Å². The van der Waals surface area contributed by atoms with Crippen molar-refractivity contribution in [3.05, 3.63) is 72.8 Å². The average molecular weight is 392 g/mol. The number of ether oxygens (including phenoxy) is 2. The first-order valence-electron chi connectivity index (χ1n) is 8.94. The van der Waals surface area contributed by atoms with E-state index in [-0.39, 0.29) is 12.5 Å². The van der Waals surface area contributed by atoms with Crippen molar-refractivity contribution in [3.8, 4) is 5.75 Å². The summed E-state index contributed by atoms with van der Waals surface area (Å²) in [6, 6.07) is 14.1. The highest BCUT2D eigenvalue weighted by molar-refractivity contribution is 6.10. The van der Waals surface area contributed by atoms with Crippen LogP contribution in [-0.2, 0) is 19.1 Å². The van der Waals surface area contributed by atoms with Crippen molar-refractivity contribution < 1.29 is 23.9 Å². The lowest BCUT2D eigenvalue weighted by Gasteiger charge is -2.28. The van der Waals surface area contributed by atoms with Gasteiger partial charge in [0.25, 0.3) is 5.91 Å². The lowest BCUT2D eigenvalue weighted by atomic mass is 10.2. The van der Waals surface area contributed by atoms with E-state index < -0.39 is 18.5 Å². The van der Waals surface area contributed by atoms with Gasteiger partial charge in [-0.25, -0.2) is 4.79 Å². The molecule has 7 heteroatoms. The number of para-hydroxylation sites is 2. The molecule has 1 N–H and O–H groups in total. The van der Waals surface area contributed by atoms with Crippen LogP contribution in [0.25, 0.3) is 6.08 Å². The Bertz CT molecular complexity index is 950. The van der Waals surface area contributed by atoms with Crippen molar-refractivity contribution in [1.29, 1.82) is 0 Å². The minimum absolute atomic E-state index is 0.122. The van der Waals surface area contributed by atoms with Crippen molar-refractivity contribution in [1.82, 2.24) is 0 Å². The molecular weight excluding hydrogens is 372 g/mol. The molecule has 2 aromatic rings. The molecule has 0 aromatic heterocycles. The second-order valence-corrected chi connectivity index (χ2v) is 6.15. The summed E-state index contributed by atoms with van der Waals surface area (Å²) in [7, 11) is 0. The molecule has 0 spiro atoms. The van der Waals surface area contributed by atoms with Crippen LogP contribution < -0.4 is 15.0 Å². The molecule has 1 heterocycles. The topological polar surface area (TPSA) is 84.9 Å². The Kier molecular flexibility index (Phi) is 6.42. The number of carbonyl (C=O) groups is 3. The third-order valence-electron chi connectivity index (χ3n) is 4.07. The van der Waals surface area contributed by atoms with Gasteiger partial charge in [0.05, 0.1) is 11.4 Å². The summed E-state index contributed by atoms with van der Waals surface area (Å²) in [6.07, 6.45) is 4.47. The number of hydrogen-bond donors (Lipinski definition) is 1. The summed E-state index contributed by atoms with van der Waals surface area (Å²) in [4.78, 5) is 37.4. The molecule has 0 saturated heterocycles. The van der Waals surface area contributed by atoms with Gasteiger partial charge in [-0.05, 0) is 35.9 Å². The van der Waals surface area contributed by atoms with E-state index in [1.54, 1.807) is 60.7 Å². The lowest BCUT2D eigenvalue weighted by Crippen LogP contribution is -2.43. The number of anilines is 2. The first kappa shape index (κ1) is 19.9. The number of nitrogens with zero attached hydrogens (tertiary/aromatic N) is 1. The number of carbonyl (C=O) groups excluding carboxylic acids is 3. The normalized spacial score (nSPS) is 12.8. The minimum Gasteiger partial charge on any atom is -0.490 e. The monoisotopic (exact) mass is 392 g/mol. The Morgan fingerprint density at radius 2 is 1.90 bits per heavy atom. The fraction of sp³-hybridized carbons (Fsp3) is 0.136. The molecule has 0 radical (unpaired) electrons. The number of benzene rings is 2. The second kappa shape index (κ2) is 9.36. The smallest absolute Gasteiger partial charge is 0.331 e. The second-order valence-electron chi connectivity index (χ2n) is 6.15. The van der Waals surface area contributed by atoms with E-state index in [4.69, 9.17) is 9.47 Å². The van der Waals surface area contributed by atoms with Crippen LogP contribution in [0.5, 0.6) is 5.75 Å². The van der Waals surface area contributed by atoms with Crippen molar-refractivity contribution in [2.75, 3.05) is 30.0 Å². The molecule has 2 aromatic carbocycles. The van der Waals surface area contributed by atoms with Gasteiger partial charge in [-0.1, -0.05) is 36.9 Å². The maximum atomic E-state index is 12.4. The number of hydrogen-bond acceptors (Lipinski definition) is 5. The highest BCUT2D eigenvalue weighted by atomic mass is 16.5.